The van der Waals surface area contributed by atoms with Crippen molar-refractivity contribution in [1.82, 2.24) is 28.9 Å². The second kappa shape index (κ2) is 10.7. The van der Waals surface area contributed by atoms with E-state index in [1.165, 1.54) is 9.13 Å². The molecule has 12 nitrogen and oxygen atoms in total. The fourth-order valence-electron chi connectivity index (χ4n) is 6.78. The van der Waals surface area contributed by atoms with Gasteiger partial charge in [0, 0.05) is 19.9 Å². The van der Waals surface area contributed by atoms with Crippen LogP contribution in [0, 0.1) is 0 Å². The van der Waals surface area contributed by atoms with E-state index in [1.807, 2.05) is 51.1 Å². The van der Waals surface area contributed by atoms with Gasteiger partial charge in [0.2, 0.25) is 23.6 Å². The summed E-state index contributed by atoms with van der Waals surface area (Å²) in [7, 11) is 1.67. The monoisotopic (exact) mass is 628 g/mol. The Labute approximate surface area is 265 Å². The molecule has 4 aromatic rings. The second-order valence-corrected chi connectivity index (χ2v) is 14.6. The topological polar surface area (TPSA) is 146 Å². The molecule has 2 fully saturated rings. The third-order valence-electron chi connectivity index (χ3n) is 9.26. The molecular weight excluding hydrogens is 588 g/mol. The molecule has 4 amide bonds. The number of aromatic nitrogens is 4. The van der Waals surface area contributed by atoms with Crippen LogP contribution in [0.15, 0.2) is 39.9 Å². The summed E-state index contributed by atoms with van der Waals surface area (Å²) in [4.78, 5) is 77.8. The van der Waals surface area contributed by atoms with Crippen LogP contribution < -0.4 is 22.0 Å². The number of imide groups is 2. The lowest BCUT2D eigenvalue weighted by Gasteiger charge is -2.24. The van der Waals surface area contributed by atoms with Crippen LogP contribution in [0.4, 0.5) is 0 Å². The first kappa shape index (κ1) is 31.3. The van der Waals surface area contributed by atoms with Crippen LogP contribution >= 0.6 is 0 Å². The third-order valence-corrected chi connectivity index (χ3v) is 9.26. The standard InChI is InChI=1S/C34H40N6O6/c1-33(2,3)19-8-9-21-24(16-19)38(32(46)39(21)22-10-12-26(41)35-29(22)43)17-18-14-20(34(4,5)6)28-25(15-18)40(31(45)37(28)7)23-11-13-27(42)36-30(23)44/h8-9,14-16,22-23H,10-13,17H2,1-7H3,(H,35,41,43)(H,36,42,44). The summed E-state index contributed by atoms with van der Waals surface area (Å²) in [5.41, 5.74) is 3.68. The molecule has 0 aliphatic carbocycles. The maximum atomic E-state index is 14.3. The Bertz CT molecular complexity index is 2090. The van der Waals surface area contributed by atoms with Gasteiger partial charge in [0.25, 0.3) is 0 Å². The van der Waals surface area contributed by atoms with Gasteiger partial charge in [-0.25, -0.2) is 9.59 Å². The highest BCUT2D eigenvalue weighted by Gasteiger charge is 2.34. The van der Waals surface area contributed by atoms with E-state index in [-0.39, 0.29) is 60.8 Å². The quantitative estimate of drug-likeness (QED) is 0.332. The lowest BCUT2D eigenvalue weighted by Crippen LogP contribution is -2.44. The van der Waals surface area contributed by atoms with Crippen LogP contribution in [-0.2, 0) is 43.6 Å². The number of nitrogens with one attached hydrogen (secondary N) is 2. The van der Waals surface area contributed by atoms with Gasteiger partial charge in [-0.1, -0.05) is 53.7 Å². The number of piperidine rings is 2. The summed E-state index contributed by atoms with van der Waals surface area (Å²) >= 11 is 0. The number of hydrogen-bond donors (Lipinski definition) is 2. The third kappa shape index (κ3) is 5.09. The number of hydrogen-bond acceptors (Lipinski definition) is 6. The molecule has 2 unspecified atom stereocenters. The van der Waals surface area contributed by atoms with Crippen molar-refractivity contribution in [1.29, 1.82) is 0 Å². The maximum absolute atomic E-state index is 14.3. The normalized spacial score (nSPS) is 19.6. The SMILES string of the molecule is Cn1c(=O)n(C2CCC(=O)NC2=O)c2cc(Cn3c(=O)n(C4CCC(=O)NC4=O)c4ccc(C(C)(C)C)cc43)cc(C(C)(C)C)c21. The van der Waals surface area contributed by atoms with Gasteiger partial charge in [0.15, 0.2) is 0 Å². The Morgan fingerprint density at radius 3 is 1.78 bits per heavy atom. The van der Waals surface area contributed by atoms with Gasteiger partial charge >= 0.3 is 11.4 Å². The highest BCUT2D eigenvalue weighted by atomic mass is 16.2. The molecule has 2 atom stereocenters. The summed E-state index contributed by atoms with van der Waals surface area (Å²) < 4.78 is 6.12. The van der Waals surface area contributed by atoms with E-state index in [2.05, 4.69) is 31.4 Å². The molecule has 0 spiro atoms. The van der Waals surface area contributed by atoms with Crippen LogP contribution in [0.25, 0.3) is 22.1 Å². The Hall–Kier alpha value is -4.74. The van der Waals surface area contributed by atoms with E-state index in [0.29, 0.717) is 22.1 Å². The summed E-state index contributed by atoms with van der Waals surface area (Å²) in [6, 6.07) is 7.93. The number of rotatable bonds is 4. The first-order valence-corrected chi connectivity index (χ1v) is 15.6. The van der Waals surface area contributed by atoms with Crippen molar-refractivity contribution in [3.63, 3.8) is 0 Å². The van der Waals surface area contributed by atoms with Gasteiger partial charge < -0.3 is 0 Å². The zero-order chi connectivity index (χ0) is 33.5. The van der Waals surface area contributed by atoms with Crippen molar-refractivity contribution in [2.45, 2.75) is 96.7 Å². The van der Waals surface area contributed by atoms with Crippen molar-refractivity contribution in [3.05, 3.63) is 68.0 Å². The number of benzene rings is 2. The number of aryl methyl sites for hydroxylation is 1. The molecule has 2 aliphatic rings. The number of nitrogens with zero attached hydrogens (tertiary/aromatic N) is 4. The highest BCUT2D eigenvalue weighted by Crippen LogP contribution is 2.34. The van der Waals surface area contributed by atoms with Crippen LogP contribution in [0.5, 0.6) is 0 Å². The van der Waals surface area contributed by atoms with E-state index >= 15 is 0 Å². The second-order valence-electron chi connectivity index (χ2n) is 14.6. The fraction of sp³-hybridized carbons (Fsp3) is 0.471. The molecule has 0 saturated carbocycles. The highest BCUT2D eigenvalue weighted by molar-refractivity contribution is 6.01. The molecule has 6 rings (SSSR count). The molecule has 46 heavy (non-hydrogen) atoms. The average molecular weight is 629 g/mol. The van der Waals surface area contributed by atoms with Crippen LogP contribution in [0.3, 0.4) is 0 Å². The molecule has 4 heterocycles. The number of carbonyl (C=O) groups is 4. The number of carbonyl (C=O) groups excluding carboxylic acids is 4. The molecule has 0 radical (unpaired) electrons. The lowest BCUT2D eigenvalue weighted by atomic mass is 9.85. The minimum Gasteiger partial charge on any atom is -0.295 e. The van der Waals surface area contributed by atoms with Crippen LogP contribution in [0.1, 0.15) is 96.0 Å². The Kier molecular flexibility index (Phi) is 7.25. The largest absolute Gasteiger partial charge is 0.330 e. The van der Waals surface area contributed by atoms with E-state index < -0.39 is 29.3 Å². The van der Waals surface area contributed by atoms with Crippen molar-refractivity contribution in [2.24, 2.45) is 7.05 Å². The minimum atomic E-state index is -0.858. The zero-order valence-electron chi connectivity index (χ0n) is 27.3. The van der Waals surface area contributed by atoms with E-state index in [9.17, 15) is 28.8 Å². The summed E-state index contributed by atoms with van der Waals surface area (Å²) in [5, 5.41) is 4.74. The van der Waals surface area contributed by atoms with Crippen molar-refractivity contribution < 1.29 is 19.2 Å². The Morgan fingerprint density at radius 2 is 1.26 bits per heavy atom. The molecule has 2 aliphatic heterocycles. The first-order valence-electron chi connectivity index (χ1n) is 15.6. The van der Waals surface area contributed by atoms with Gasteiger partial charge in [-0.05, 0) is 58.6 Å². The molecule has 12 heteroatoms. The number of fused-ring (bicyclic) bond motifs is 2. The molecule has 2 aromatic carbocycles. The predicted molar refractivity (Wildman–Crippen MR) is 173 cm³/mol. The van der Waals surface area contributed by atoms with Gasteiger partial charge in [-0.3, -0.25) is 48.1 Å². The summed E-state index contributed by atoms with van der Waals surface area (Å²) in [5.74, 6) is -1.76. The predicted octanol–water partition coefficient (Wildman–Crippen LogP) is 3.06. The van der Waals surface area contributed by atoms with E-state index in [0.717, 1.165) is 16.7 Å². The van der Waals surface area contributed by atoms with Crippen LogP contribution in [-0.4, -0.2) is 41.9 Å². The Balaban J connectivity index is 1.59. The maximum Gasteiger partial charge on any atom is 0.330 e. The fourth-order valence-corrected chi connectivity index (χ4v) is 6.78. The minimum absolute atomic E-state index is 0.121. The number of imidazole rings is 2. The molecule has 242 valence electrons. The molecule has 2 N–H and O–H groups in total. The zero-order valence-corrected chi connectivity index (χ0v) is 27.3. The van der Waals surface area contributed by atoms with Gasteiger partial charge in [-0.2, -0.15) is 0 Å². The van der Waals surface area contributed by atoms with Gasteiger partial charge in [-0.15, -0.1) is 0 Å². The lowest BCUT2D eigenvalue weighted by molar-refractivity contribution is -0.137. The van der Waals surface area contributed by atoms with Gasteiger partial charge in [0.1, 0.15) is 12.1 Å². The summed E-state index contributed by atoms with van der Waals surface area (Å²) in [6.45, 7) is 12.5. The molecule has 2 aromatic heterocycles. The van der Waals surface area contributed by atoms with Crippen LogP contribution in [0.2, 0.25) is 0 Å². The summed E-state index contributed by atoms with van der Waals surface area (Å²) in [6.07, 6.45) is 0.670. The first-order chi connectivity index (χ1) is 21.5. The Morgan fingerprint density at radius 1 is 0.696 bits per heavy atom. The molecule has 0 bridgehead atoms. The molecule has 2 saturated heterocycles. The van der Waals surface area contributed by atoms with E-state index in [1.54, 1.807) is 16.2 Å². The smallest absolute Gasteiger partial charge is 0.295 e. The van der Waals surface area contributed by atoms with E-state index in [4.69, 9.17) is 0 Å². The number of amides is 4. The average Bonchev–Trinajstić information content (AvgIpc) is 3.36. The van der Waals surface area contributed by atoms with Crippen molar-refractivity contribution in [3.8, 4) is 0 Å². The molecular formula is C34H40N6O6. The van der Waals surface area contributed by atoms with Crippen molar-refractivity contribution >= 4 is 45.7 Å². The van der Waals surface area contributed by atoms with Crippen molar-refractivity contribution in [2.75, 3.05) is 0 Å². The van der Waals surface area contributed by atoms with Gasteiger partial charge in [0.05, 0.1) is 28.6 Å².